The molecule has 1 aromatic heterocycles. The fourth-order valence-electron chi connectivity index (χ4n) is 2.83. The van der Waals surface area contributed by atoms with E-state index >= 15 is 0 Å². The van der Waals surface area contributed by atoms with Crippen LogP contribution in [0.3, 0.4) is 0 Å². The van der Waals surface area contributed by atoms with Crippen molar-refractivity contribution in [1.29, 1.82) is 0 Å². The molecule has 106 valence electrons. The SMILES string of the molecule is CCCC1CCCN(c2ccc(Cl)c(CCl)n2)CC1. The number of hydrogen-bond acceptors (Lipinski definition) is 2. The Kier molecular flexibility index (Phi) is 5.77. The smallest absolute Gasteiger partial charge is 0.128 e. The van der Waals surface area contributed by atoms with Crippen LogP contribution in [-0.4, -0.2) is 18.1 Å². The molecule has 0 saturated carbocycles. The van der Waals surface area contributed by atoms with E-state index in [0.29, 0.717) is 10.9 Å². The number of nitrogens with zero attached hydrogens (tertiary/aromatic N) is 2. The molecule has 0 aliphatic carbocycles. The van der Waals surface area contributed by atoms with Gasteiger partial charge in [-0.05, 0) is 37.3 Å². The second kappa shape index (κ2) is 7.35. The third-order valence-corrected chi connectivity index (χ3v) is 4.50. The predicted octanol–water partition coefficient (Wildman–Crippen LogP) is 4.88. The molecule has 2 nitrogen and oxygen atoms in total. The molecule has 0 radical (unpaired) electrons. The summed E-state index contributed by atoms with van der Waals surface area (Å²) >= 11 is 11.9. The number of rotatable bonds is 4. The molecule has 19 heavy (non-hydrogen) atoms. The standard InChI is InChI=1S/C15H22Cl2N2/c1-2-4-12-5-3-9-19(10-8-12)15-7-6-13(17)14(11-16)18-15/h6-7,12H,2-5,8-11H2,1H3. The predicted molar refractivity (Wildman–Crippen MR) is 83.3 cm³/mol. The van der Waals surface area contributed by atoms with E-state index in [9.17, 15) is 0 Å². The number of hydrogen-bond donors (Lipinski definition) is 0. The number of pyridine rings is 1. The molecule has 4 heteroatoms. The van der Waals surface area contributed by atoms with Crippen LogP contribution in [0.2, 0.25) is 5.02 Å². The Hall–Kier alpha value is -0.470. The zero-order chi connectivity index (χ0) is 13.7. The molecule has 0 N–H and O–H groups in total. The molecule has 1 atom stereocenters. The third-order valence-electron chi connectivity index (χ3n) is 3.90. The first-order valence-corrected chi connectivity index (χ1v) is 8.12. The lowest BCUT2D eigenvalue weighted by molar-refractivity contribution is 0.435. The Labute approximate surface area is 126 Å². The van der Waals surface area contributed by atoms with Gasteiger partial charge in [0.2, 0.25) is 0 Å². The van der Waals surface area contributed by atoms with E-state index in [4.69, 9.17) is 23.2 Å². The number of anilines is 1. The second-order valence-corrected chi connectivity index (χ2v) is 5.98. The van der Waals surface area contributed by atoms with E-state index in [1.165, 1.54) is 32.1 Å². The summed E-state index contributed by atoms with van der Waals surface area (Å²) in [5.74, 6) is 2.28. The molecule has 1 aromatic rings. The van der Waals surface area contributed by atoms with Gasteiger partial charge >= 0.3 is 0 Å². The zero-order valence-electron chi connectivity index (χ0n) is 11.5. The van der Waals surface area contributed by atoms with Crippen LogP contribution in [0, 0.1) is 5.92 Å². The van der Waals surface area contributed by atoms with Crippen molar-refractivity contribution in [3.05, 3.63) is 22.8 Å². The second-order valence-electron chi connectivity index (χ2n) is 5.30. The highest BCUT2D eigenvalue weighted by Gasteiger charge is 2.18. The van der Waals surface area contributed by atoms with Gasteiger partial charge in [0, 0.05) is 13.1 Å². The van der Waals surface area contributed by atoms with Crippen molar-refractivity contribution in [2.45, 2.75) is 44.9 Å². The molecule has 1 fully saturated rings. The molecule has 2 heterocycles. The molecule has 0 amide bonds. The van der Waals surface area contributed by atoms with Crippen molar-refractivity contribution in [2.24, 2.45) is 5.92 Å². The minimum Gasteiger partial charge on any atom is -0.357 e. The lowest BCUT2D eigenvalue weighted by Crippen LogP contribution is -2.25. The van der Waals surface area contributed by atoms with E-state index in [2.05, 4.69) is 16.8 Å². The minimum atomic E-state index is 0.374. The molecule has 0 aromatic carbocycles. The van der Waals surface area contributed by atoms with Gasteiger partial charge in [0.15, 0.2) is 0 Å². The van der Waals surface area contributed by atoms with Crippen LogP contribution in [0.4, 0.5) is 5.82 Å². The van der Waals surface area contributed by atoms with Crippen LogP contribution in [0.5, 0.6) is 0 Å². The Balaban J connectivity index is 2.05. The first kappa shape index (κ1) is 14.9. The molecule has 1 saturated heterocycles. The zero-order valence-corrected chi connectivity index (χ0v) is 13.1. The summed E-state index contributed by atoms with van der Waals surface area (Å²) in [5.41, 5.74) is 0.787. The molecule has 1 unspecified atom stereocenters. The summed E-state index contributed by atoms with van der Waals surface area (Å²) in [6, 6.07) is 3.93. The molecule has 0 spiro atoms. The van der Waals surface area contributed by atoms with E-state index in [1.807, 2.05) is 12.1 Å². The first-order chi connectivity index (χ1) is 9.24. The molecule has 0 bridgehead atoms. The van der Waals surface area contributed by atoms with Crippen molar-refractivity contribution in [2.75, 3.05) is 18.0 Å². The summed E-state index contributed by atoms with van der Waals surface area (Å²) in [6.45, 7) is 4.47. The van der Waals surface area contributed by atoms with Gasteiger partial charge in [0.1, 0.15) is 5.82 Å². The van der Waals surface area contributed by atoms with Crippen LogP contribution in [0.1, 0.15) is 44.7 Å². The van der Waals surface area contributed by atoms with E-state index in [-0.39, 0.29) is 0 Å². The maximum atomic E-state index is 6.07. The summed E-state index contributed by atoms with van der Waals surface area (Å²) in [4.78, 5) is 6.97. The molecule has 1 aliphatic rings. The quantitative estimate of drug-likeness (QED) is 0.737. The van der Waals surface area contributed by atoms with Gasteiger partial charge in [-0.25, -0.2) is 4.98 Å². The average molecular weight is 301 g/mol. The molecule has 1 aliphatic heterocycles. The van der Waals surface area contributed by atoms with Gasteiger partial charge < -0.3 is 4.90 Å². The maximum absolute atomic E-state index is 6.07. The summed E-state index contributed by atoms with van der Waals surface area (Å²) < 4.78 is 0. The molecular formula is C15H22Cl2N2. The fraction of sp³-hybridized carbons (Fsp3) is 0.667. The van der Waals surface area contributed by atoms with Crippen LogP contribution in [0.15, 0.2) is 12.1 Å². The van der Waals surface area contributed by atoms with Gasteiger partial charge in [-0.1, -0.05) is 31.4 Å². The number of aromatic nitrogens is 1. The molecular weight excluding hydrogens is 279 g/mol. The van der Waals surface area contributed by atoms with Crippen molar-refractivity contribution in [3.63, 3.8) is 0 Å². The maximum Gasteiger partial charge on any atom is 0.128 e. The van der Waals surface area contributed by atoms with Crippen LogP contribution >= 0.6 is 23.2 Å². The monoisotopic (exact) mass is 300 g/mol. The highest BCUT2D eigenvalue weighted by molar-refractivity contribution is 6.32. The van der Waals surface area contributed by atoms with Crippen molar-refractivity contribution >= 4 is 29.0 Å². The topological polar surface area (TPSA) is 16.1 Å². The lowest BCUT2D eigenvalue weighted by Gasteiger charge is -2.22. The minimum absolute atomic E-state index is 0.374. The van der Waals surface area contributed by atoms with Crippen LogP contribution < -0.4 is 4.90 Å². The van der Waals surface area contributed by atoms with Crippen LogP contribution in [0.25, 0.3) is 0 Å². The van der Waals surface area contributed by atoms with Gasteiger partial charge in [0.05, 0.1) is 16.6 Å². The van der Waals surface area contributed by atoms with E-state index in [0.717, 1.165) is 30.5 Å². The Morgan fingerprint density at radius 1 is 1.32 bits per heavy atom. The van der Waals surface area contributed by atoms with Crippen molar-refractivity contribution in [3.8, 4) is 0 Å². The van der Waals surface area contributed by atoms with Crippen molar-refractivity contribution in [1.82, 2.24) is 4.98 Å². The van der Waals surface area contributed by atoms with Gasteiger partial charge in [-0.15, -0.1) is 11.6 Å². The van der Waals surface area contributed by atoms with E-state index in [1.54, 1.807) is 0 Å². The highest BCUT2D eigenvalue weighted by atomic mass is 35.5. The first-order valence-electron chi connectivity index (χ1n) is 7.21. The van der Waals surface area contributed by atoms with E-state index < -0.39 is 0 Å². The highest BCUT2D eigenvalue weighted by Crippen LogP contribution is 2.26. The Bertz CT molecular complexity index is 409. The summed E-state index contributed by atoms with van der Waals surface area (Å²) in [7, 11) is 0. The van der Waals surface area contributed by atoms with Gasteiger partial charge in [0.25, 0.3) is 0 Å². The Morgan fingerprint density at radius 3 is 2.89 bits per heavy atom. The largest absolute Gasteiger partial charge is 0.357 e. The molecule has 2 rings (SSSR count). The third kappa shape index (κ3) is 4.00. The lowest BCUT2D eigenvalue weighted by atomic mass is 9.96. The number of halogens is 2. The summed E-state index contributed by atoms with van der Waals surface area (Å²) in [5, 5.41) is 0.664. The summed E-state index contributed by atoms with van der Waals surface area (Å²) in [6.07, 6.45) is 6.52. The van der Waals surface area contributed by atoms with Crippen molar-refractivity contribution < 1.29 is 0 Å². The number of alkyl halides is 1. The normalized spacial score (nSPS) is 20.4. The van der Waals surface area contributed by atoms with Crippen LogP contribution in [-0.2, 0) is 5.88 Å². The van der Waals surface area contributed by atoms with Gasteiger partial charge in [-0.2, -0.15) is 0 Å². The average Bonchev–Trinajstić information content (AvgIpc) is 2.66. The fourth-order valence-corrected chi connectivity index (χ4v) is 3.28. The Morgan fingerprint density at radius 2 is 2.16 bits per heavy atom. The van der Waals surface area contributed by atoms with Gasteiger partial charge in [-0.3, -0.25) is 0 Å².